The summed E-state index contributed by atoms with van der Waals surface area (Å²) in [6.45, 7) is 0. The van der Waals surface area contributed by atoms with Gasteiger partial charge in [0.15, 0.2) is 0 Å². The first-order valence-corrected chi connectivity index (χ1v) is 8.33. The van der Waals surface area contributed by atoms with Crippen molar-refractivity contribution in [1.82, 2.24) is 5.43 Å². The van der Waals surface area contributed by atoms with Crippen LogP contribution in [0.5, 0.6) is 0 Å². The first kappa shape index (κ1) is 16.2. The fourth-order valence-electron chi connectivity index (χ4n) is 1.67. The standard InChI is InChI=1S/C15H14I2N4/c1-19-15(18)21-20-14(10-2-6-12(16)7-3-10)11-4-8-13(17)9-5-11/h2-9H,1H3,(H3,18,19,21). The molecule has 0 aliphatic heterocycles. The zero-order chi connectivity index (χ0) is 15.2. The van der Waals surface area contributed by atoms with Crippen molar-refractivity contribution in [2.45, 2.75) is 0 Å². The molecule has 0 spiro atoms. The molecule has 0 bridgehead atoms. The second-order valence-corrected chi connectivity index (χ2v) is 6.69. The molecule has 21 heavy (non-hydrogen) atoms. The van der Waals surface area contributed by atoms with E-state index in [0.29, 0.717) is 0 Å². The molecule has 6 heteroatoms. The highest BCUT2D eigenvalue weighted by atomic mass is 127. The molecule has 2 rings (SSSR count). The van der Waals surface area contributed by atoms with Gasteiger partial charge in [0.2, 0.25) is 5.96 Å². The molecule has 0 fully saturated rings. The zero-order valence-electron chi connectivity index (χ0n) is 11.3. The SMILES string of the molecule is CN=C(N)NN=C(c1ccc(I)cc1)c1ccc(I)cc1. The smallest absolute Gasteiger partial charge is 0.209 e. The molecule has 0 aliphatic carbocycles. The predicted octanol–water partition coefficient (Wildman–Crippen LogP) is 3.18. The minimum Gasteiger partial charge on any atom is -0.369 e. The summed E-state index contributed by atoms with van der Waals surface area (Å²) in [5.74, 6) is 0.281. The lowest BCUT2D eigenvalue weighted by molar-refractivity contribution is 0.999. The van der Waals surface area contributed by atoms with E-state index in [-0.39, 0.29) is 5.96 Å². The van der Waals surface area contributed by atoms with Gasteiger partial charge in [-0.3, -0.25) is 4.99 Å². The highest BCUT2D eigenvalue weighted by molar-refractivity contribution is 14.1. The number of aliphatic imine (C=N–C) groups is 1. The third kappa shape index (κ3) is 4.67. The Labute approximate surface area is 151 Å². The number of hydrazone groups is 1. The van der Waals surface area contributed by atoms with E-state index in [4.69, 9.17) is 5.73 Å². The molecule has 0 radical (unpaired) electrons. The van der Waals surface area contributed by atoms with Gasteiger partial charge in [0, 0.05) is 25.3 Å². The summed E-state index contributed by atoms with van der Waals surface area (Å²) in [5.41, 5.74) is 11.3. The molecule has 2 aromatic rings. The maximum Gasteiger partial charge on any atom is 0.209 e. The number of hydrogen-bond acceptors (Lipinski definition) is 2. The van der Waals surface area contributed by atoms with Crippen LogP contribution in [-0.2, 0) is 0 Å². The minimum absolute atomic E-state index is 0.281. The maximum atomic E-state index is 5.66. The van der Waals surface area contributed by atoms with Crippen molar-refractivity contribution in [3.8, 4) is 0 Å². The van der Waals surface area contributed by atoms with Gasteiger partial charge >= 0.3 is 0 Å². The highest BCUT2D eigenvalue weighted by Gasteiger charge is 2.07. The molecule has 0 saturated heterocycles. The number of halogens is 2. The van der Waals surface area contributed by atoms with Gasteiger partial charge in [-0.15, -0.1) is 0 Å². The van der Waals surface area contributed by atoms with E-state index in [0.717, 1.165) is 16.8 Å². The Morgan fingerprint density at radius 3 is 1.71 bits per heavy atom. The molecule has 108 valence electrons. The second-order valence-electron chi connectivity index (χ2n) is 4.19. The Morgan fingerprint density at radius 2 is 1.33 bits per heavy atom. The molecule has 0 amide bonds. The van der Waals surface area contributed by atoms with Gasteiger partial charge in [-0.25, -0.2) is 5.43 Å². The van der Waals surface area contributed by atoms with E-state index in [1.54, 1.807) is 7.05 Å². The predicted molar refractivity (Wildman–Crippen MR) is 105 cm³/mol. The fraction of sp³-hybridized carbons (Fsp3) is 0.0667. The molecule has 0 aliphatic rings. The molecule has 0 unspecified atom stereocenters. The fourth-order valence-corrected chi connectivity index (χ4v) is 2.39. The van der Waals surface area contributed by atoms with Crippen LogP contribution >= 0.6 is 45.2 Å². The van der Waals surface area contributed by atoms with Crippen LogP contribution < -0.4 is 11.2 Å². The molecule has 3 N–H and O–H groups in total. The quantitative estimate of drug-likeness (QED) is 0.292. The average Bonchev–Trinajstić information content (AvgIpc) is 2.50. The van der Waals surface area contributed by atoms with Crippen molar-refractivity contribution in [1.29, 1.82) is 0 Å². The van der Waals surface area contributed by atoms with Crippen molar-refractivity contribution < 1.29 is 0 Å². The van der Waals surface area contributed by atoms with Gasteiger partial charge in [-0.05, 0) is 69.4 Å². The van der Waals surface area contributed by atoms with Crippen LogP contribution in [0.2, 0.25) is 0 Å². The Kier molecular flexibility index (Phi) is 5.97. The number of rotatable bonds is 3. The molecule has 0 heterocycles. The summed E-state index contributed by atoms with van der Waals surface area (Å²) >= 11 is 4.56. The lowest BCUT2D eigenvalue weighted by atomic mass is 10.0. The molecular weight excluding hydrogens is 490 g/mol. The number of nitrogens with two attached hydrogens (primary N) is 1. The molecular formula is C15H14I2N4. The number of benzene rings is 2. The summed E-state index contributed by atoms with van der Waals surface area (Å²) in [4.78, 5) is 3.85. The largest absolute Gasteiger partial charge is 0.369 e. The van der Waals surface area contributed by atoms with Crippen molar-refractivity contribution in [2.75, 3.05) is 7.05 Å². The van der Waals surface area contributed by atoms with Gasteiger partial charge < -0.3 is 5.73 Å². The monoisotopic (exact) mass is 504 g/mol. The van der Waals surface area contributed by atoms with Crippen LogP contribution in [0.25, 0.3) is 0 Å². The molecule has 4 nitrogen and oxygen atoms in total. The summed E-state index contributed by atoms with van der Waals surface area (Å²) in [7, 11) is 1.62. The Bertz CT molecular complexity index is 614. The summed E-state index contributed by atoms with van der Waals surface area (Å²) in [6.07, 6.45) is 0. The Balaban J connectivity index is 2.43. The van der Waals surface area contributed by atoms with Gasteiger partial charge in [-0.2, -0.15) is 5.10 Å². The first-order chi connectivity index (χ1) is 10.1. The average molecular weight is 504 g/mol. The summed E-state index contributed by atoms with van der Waals surface area (Å²) in [6, 6.07) is 16.4. The number of hydrogen-bond donors (Lipinski definition) is 2. The highest BCUT2D eigenvalue weighted by Crippen LogP contribution is 2.15. The van der Waals surface area contributed by atoms with Crippen LogP contribution in [0, 0.1) is 7.14 Å². The third-order valence-corrected chi connectivity index (χ3v) is 4.20. The minimum atomic E-state index is 0.281. The molecule has 2 aromatic carbocycles. The van der Waals surface area contributed by atoms with Crippen LogP contribution in [0.4, 0.5) is 0 Å². The Hall–Kier alpha value is -1.16. The Morgan fingerprint density at radius 1 is 0.905 bits per heavy atom. The second kappa shape index (κ2) is 7.74. The van der Waals surface area contributed by atoms with Crippen LogP contribution in [0.3, 0.4) is 0 Å². The number of nitrogens with one attached hydrogen (secondary N) is 1. The van der Waals surface area contributed by atoms with E-state index < -0.39 is 0 Å². The van der Waals surface area contributed by atoms with Crippen molar-refractivity contribution in [3.63, 3.8) is 0 Å². The molecule has 0 saturated carbocycles. The van der Waals surface area contributed by atoms with Crippen LogP contribution in [0.1, 0.15) is 11.1 Å². The summed E-state index contributed by atoms with van der Waals surface area (Å²) in [5, 5.41) is 4.40. The summed E-state index contributed by atoms with van der Waals surface area (Å²) < 4.78 is 2.36. The zero-order valence-corrected chi connectivity index (χ0v) is 15.7. The van der Waals surface area contributed by atoms with E-state index in [9.17, 15) is 0 Å². The van der Waals surface area contributed by atoms with Gasteiger partial charge in [0.25, 0.3) is 0 Å². The normalized spacial score (nSPS) is 11.1. The third-order valence-electron chi connectivity index (χ3n) is 2.76. The van der Waals surface area contributed by atoms with Crippen molar-refractivity contribution in [2.24, 2.45) is 15.8 Å². The lowest BCUT2D eigenvalue weighted by Crippen LogP contribution is -2.28. The van der Waals surface area contributed by atoms with Gasteiger partial charge in [0.05, 0.1) is 5.71 Å². The maximum absolute atomic E-state index is 5.66. The van der Waals surface area contributed by atoms with Crippen molar-refractivity contribution >= 4 is 56.9 Å². The molecule has 0 aromatic heterocycles. The van der Waals surface area contributed by atoms with E-state index >= 15 is 0 Å². The van der Waals surface area contributed by atoms with Crippen LogP contribution in [-0.4, -0.2) is 18.7 Å². The topological polar surface area (TPSA) is 62.8 Å². The van der Waals surface area contributed by atoms with Gasteiger partial charge in [-0.1, -0.05) is 24.3 Å². The lowest BCUT2D eigenvalue weighted by Gasteiger charge is -2.08. The van der Waals surface area contributed by atoms with E-state index in [2.05, 4.69) is 85.0 Å². The van der Waals surface area contributed by atoms with Crippen molar-refractivity contribution in [3.05, 3.63) is 66.8 Å². The number of guanidine groups is 1. The first-order valence-electron chi connectivity index (χ1n) is 6.18. The van der Waals surface area contributed by atoms with Gasteiger partial charge in [0.1, 0.15) is 0 Å². The van der Waals surface area contributed by atoms with E-state index in [1.807, 2.05) is 24.3 Å². The molecule has 0 atom stereocenters. The van der Waals surface area contributed by atoms with E-state index in [1.165, 1.54) is 7.14 Å². The number of nitrogens with zero attached hydrogens (tertiary/aromatic N) is 2. The van der Waals surface area contributed by atoms with Crippen LogP contribution in [0.15, 0.2) is 58.6 Å².